The molecule has 0 aromatic rings. The van der Waals surface area contributed by atoms with Crippen LogP contribution in [0.1, 0.15) is 0 Å². The van der Waals surface area contributed by atoms with E-state index in [1.54, 1.807) is 0 Å². The van der Waals surface area contributed by atoms with Gasteiger partial charge in [-0.1, -0.05) is 0 Å². The maximum absolute atomic E-state index is 8.58. The molecule has 0 saturated carbocycles. The molecule has 0 fully saturated rings. The summed E-state index contributed by atoms with van der Waals surface area (Å²) in [6.45, 7) is 0. The van der Waals surface area contributed by atoms with Crippen LogP contribution in [-0.4, -0.2) is 71.7 Å². The van der Waals surface area contributed by atoms with Crippen LogP contribution >= 0.6 is 0 Å². The third kappa shape index (κ3) is 7.16. The van der Waals surface area contributed by atoms with Crippen LogP contribution in [0.4, 0.5) is 0 Å². The molecule has 55 heavy (non-hydrogen) atoms. The van der Waals surface area contributed by atoms with E-state index < -0.39 is 42.1 Å². The van der Waals surface area contributed by atoms with E-state index in [-0.39, 0.29) is 71.7 Å². The van der Waals surface area contributed by atoms with Gasteiger partial charge in [-0.05, 0) is 0 Å². The molecule has 0 aromatic carbocycles. The second-order valence-corrected chi connectivity index (χ2v) is 28.0. The molecule has 0 aliphatic heterocycles. The topological polar surface area (TPSA) is 571 Å². The van der Waals surface area contributed by atoms with Gasteiger partial charge in [-0.3, -0.25) is 0 Å². The second-order valence-electron chi connectivity index (χ2n) is 6.79. The Balaban J connectivity index is -0.000000110. The van der Waals surface area contributed by atoms with Crippen molar-refractivity contribution in [3.63, 3.8) is 0 Å². The molecule has 0 atom stereocenters. The quantitative estimate of drug-likeness (QED) is 0.269. The van der Waals surface area contributed by atoms with Crippen LogP contribution < -0.4 is 0 Å². The average molecular weight is 1220 g/mol. The molecular weight excluding hydrogens is 1220 g/mol. The Kier molecular flexibility index (Phi) is 18.4. The zero-order valence-corrected chi connectivity index (χ0v) is 38.3. The van der Waals surface area contributed by atoms with E-state index in [4.69, 9.17) is 126 Å². The zero-order chi connectivity index (χ0) is 42.6. The fraction of sp³-hybridized carbons (Fsp3) is 0. The molecule has 0 spiro atoms. The first-order chi connectivity index (χ1) is 23.9. The molecule has 0 rings (SSSR count). The molecule has 0 amide bonds. The molecule has 0 aliphatic rings. The summed E-state index contributed by atoms with van der Waals surface area (Å²) in [5.74, 6) is 0. The van der Waals surface area contributed by atoms with Crippen molar-refractivity contribution in [3.05, 3.63) is 0 Å². The van der Waals surface area contributed by atoms with Crippen molar-refractivity contribution in [1.82, 2.24) is 0 Å². The van der Waals surface area contributed by atoms with Crippen molar-refractivity contribution in [1.29, 1.82) is 126 Å². The maximum atomic E-state index is 8.58. The number of nitrogens with zero attached hydrogens (tertiary/aromatic N) is 24. The fourth-order valence-electron chi connectivity index (χ4n) is 1.000. The molecule has 31 heteroatoms. The van der Waals surface area contributed by atoms with Crippen LogP contribution in [0.25, 0.3) is 0 Å². The minimum Gasteiger partial charge on any atom is 4.00 e. The third-order valence-electron chi connectivity index (χ3n) is 4.47. The Hall–Kier alpha value is -7.82. The molecule has 0 aromatic heterocycles. The van der Waals surface area contributed by atoms with Crippen molar-refractivity contribution in [2.24, 2.45) is 0 Å². The van der Waals surface area contributed by atoms with E-state index in [0.717, 1.165) is 120 Å². The Morgan fingerprint density at radius 3 is 0.164 bits per heavy atom. The summed E-state index contributed by atoms with van der Waals surface area (Å²) < 4.78 is 0. The van der Waals surface area contributed by atoms with E-state index in [9.17, 15) is 0 Å². The molecule has 0 saturated heterocycles. The number of hydrogen-bond acceptors (Lipinski definition) is 24. The van der Waals surface area contributed by atoms with Crippen LogP contribution in [0, 0.1) is 246 Å². The van der Waals surface area contributed by atoms with Crippen molar-refractivity contribution >= 4 is 71.7 Å². The van der Waals surface area contributed by atoms with Gasteiger partial charge in [0.1, 0.15) is 0 Å². The first-order valence-corrected chi connectivity index (χ1v) is 21.9. The number of rotatable bonds is 0. The van der Waals surface area contributed by atoms with Crippen LogP contribution in [0.5, 0.6) is 0 Å². The van der Waals surface area contributed by atoms with Crippen LogP contribution in [0.15, 0.2) is 0 Å². The molecule has 0 N–H and O–H groups in total. The smallest absolute Gasteiger partial charge is 4.00 e. The summed E-state index contributed by atoms with van der Waals surface area (Å²) in [6.07, 6.45) is 0. The predicted octanol–water partition coefficient (Wildman–Crippen LogP) is -0.750. The first kappa shape index (κ1) is 62.3. The van der Waals surface area contributed by atoms with Gasteiger partial charge in [0.2, 0.25) is 0 Å². The van der Waals surface area contributed by atoms with Crippen molar-refractivity contribution in [3.8, 4) is 120 Å². The number of hydrogen-bond donors (Lipinski definition) is 0. The molecule has 0 heterocycles. The second kappa shape index (κ2) is 16.2. The average Bonchev–Trinajstić information content (AvgIpc) is 3.27. The Labute approximate surface area is 356 Å². The Morgan fingerprint density at radius 1 is 0.127 bits per heavy atom. The molecule has 0 aliphatic carbocycles. The largest absolute Gasteiger partial charge is 4.00 e. The van der Waals surface area contributed by atoms with Gasteiger partial charge in [-0.2, -0.15) is 0 Å². The number of nitriles is 24. The van der Waals surface area contributed by atoms with Crippen molar-refractivity contribution in [2.45, 2.75) is 0 Å². The maximum Gasteiger partial charge on any atom is 4.00 e. The Morgan fingerprint density at radius 2 is 0.164 bits per heavy atom. The van der Waals surface area contributed by atoms with Gasteiger partial charge in [0.05, 0.1) is 0 Å². The van der Waals surface area contributed by atoms with Gasteiger partial charge >= 0.3 is 360 Å². The summed E-state index contributed by atoms with van der Waals surface area (Å²) in [4.78, 5) is 0. The summed E-state index contributed by atoms with van der Waals surface area (Å²) in [7, 11) is -24.1. The normalized spacial score (nSPS) is 12.7. The molecule has 24 nitrogen and oxygen atoms in total. The molecule has 264 valence electrons. The van der Waals surface area contributed by atoms with Crippen molar-refractivity contribution in [2.75, 3.05) is 0 Å². The van der Waals surface area contributed by atoms with E-state index >= 15 is 0 Å². The summed E-state index contributed by atoms with van der Waals surface area (Å²) in [6, 6.07) is 0. The van der Waals surface area contributed by atoms with Crippen LogP contribution in [0.3, 0.4) is 0 Å². The Bertz CT molecular complexity index is 1970. The third-order valence-corrected chi connectivity index (χ3v) is 18.4. The van der Waals surface area contributed by atoms with Gasteiger partial charge in [-0.25, -0.2) is 0 Å². The first-order valence-electron chi connectivity index (χ1n) is 9.37. The van der Waals surface area contributed by atoms with Gasteiger partial charge in [0.25, 0.3) is 0 Å². The summed E-state index contributed by atoms with van der Waals surface area (Å²) >= 11 is 0. The molecule has 0 unspecified atom stereocenters. The van der Waals surface area contributed by atoms with E-state index in [2.05, 4.69) is 0 Å². The van der Waals surface area contributed by atoms with E-state index in [1.807, 2.05) is 0 Å². The van der Waals surface area contributed by atoms with Crippen LogP contribution in [-0.2, 0) is 42.1 Å². The zero-order valence-electron chi connectivity index (χ0n) is 25.6. The van der Waals surface area contributed by atoms with Gasteiger partial charge in [-0.15, -0.1) is 0 Å². The molecule has 0 bridgehead atoms. The van der Waals surface area contributed by atoms with E-state index in [0.29, 0.717) is 0 Å². The molecular formula is C24Co4N24Sn3. The van der Waals surface area contributed by atoms with Gasteiger partial charge in [0, 0.05) is 0 Å². The van der Waals surface area contributed by atoms with E-state index in [1.165, 1.54) is 0 Å². The minimum absolute atomic E-state index is 0. The SMILES string of the molecule is N#[C][Co-3]([C]#N)([C]#N)([C]#N)([C]#N)[C]#N.N#[C][Co-3]([C]#N)([C]#N)([C]#N)([C]#N)[C]#N.N#[C][Co-3]([C]#N)([C]#N)([C]#N)([C]#N)[C]#N.N#[C][Co-3]([C]#N)([C]#N)([C]#N)([C]#N)[C]#N.[Sn+4].[Sn+4].[Sn+4]. The fourth-order valence-corrected chi connectivity index (χ4v) is 4.12. The van der Waals surface area contributed by atoms with Crippen molar-refractivity contribution < 1.29 is 42.1 Å². The summed E-state index contributed by atoms with van der Waals surface area (Å²) in [5, 5.41) is 230. The monoisotopic (exact) mass is 1220 g/mol. The standard InChI is InChI=1S/24CN.4Co.3Sn/c24*1-2;;;;;;;/q;;;;;;;;;;;;;;;;;;;;;;;;4*-3;3*+4. The van der Waals surface area contributed by atoms with Gasteiger partial charge < -0.3 is 0 Å². The minimum atomic E-state index is -6.03. The molecule has 0 radical (unpaired) electrons. The van der Waals surface area contributed by atoms with Crippen LogP contribution in [0.2, 0.25) is 0 Å². The van der Waals surface area contributed by atoms with Gasteiger partial charge in [0.15, 0.2) is 0 Å². The summed E-state index contributed by atoms with van der Waals surface area (Å²) in [5.41, 5.74) is 0. The predicted molar refractivity (Wildman–Crippen MR) is 152 cm³/mol.